The second-order valence-corrected chi connectivity index (χ2v) is 11.4. The van der Waals surface area contributed by atoms with Gasteiger partial charge in [0.1, 0.15) is 23.9 Å². The van der Waals surface area contributed by atoms with Crippen LogP contribution in [0.5, 0.6) is 0 Å². The summed E-state index contributed by atoms with van der Waals surface area (Å²) in [4.78, 5) is 24.8. The summed E-state index contributed by atoms with van der Waals surface area (Å²) < 4.78 is 34.2. The second-order valence-electron chi connectivity index (χ2n) is 11.4. The SMILES string of the molecule is COCC(F)(F)c1cc(N2CCN(CCC3CCC(NC(C)=O)CC3)CC2C)nc(C(C)(C)C)n1. The summed E-state index contributed by atoms with van der Waals surface area (Å²) in [6.45, 7) is 12.4. The van der Waals surface area contributed by atoms with Crippen molar-refractivity contribution in [3.05, 3.63) is 17.6 Å². The predicted molar refractivity (Wildman–Crippen MR) is 134 cm³/mol. The maximum Gasteiger partial charge on any atom is 0.312 e. The van der Waals surface area contributed by atoms with Gasteiger partial charge in [0, 0.05) is 57.2 Å². The molecule has 1 aromatic heterocycles. The van der Waals surface area contributed by atoms with Crippen LogP contribution in [0.4, 0.5) is 14.6 Å². The van der Waals surface area contributed by atoms with Crippen molar-refractivity contribution in [2.75, 3.05) is 44.8 Å². The number of carbonyl (C=O) groups excluding carboxylic acids is 1. The number of alkyl halides is 2. The van der Waals surface area contributed by atoms with E-state index in [1.54, 1.807) is 6.92 Å². The molecule has 2 heterocycles. The minimum atomic E-state index is -3.17. The molecule has 9 heteroatoms. The third kappa shape index (κ3) is 7.56. The first-order valence-corrected chi connectivity index (χ1v) is 12.9. The highest BCUT2D eigenvalue weighted by Crippen LogP contribution is 2.33. The topological polar surface area (TPSA) is 70.6 Å². The summed E-state index contributed by atoms with van der Waals surface area (Å²) >= 11 is 0. The lowest BCUT2D eigenvalue weighted by Crippen LogP contribution is -2.52. The summed E-state index contributed by atoms with van der Waals surface area (Å²) in [5, 5.41) is 3.05. The van der Waals surface area contributed by atoms with Gasteiger partial charge in [-0.05, 0) is 51.5 Å². The van der Waals surface area contributed by atoms with Crippen molar-refractivity contribution in [3.8, 4) is 0 Å². The van der Waals surface area contributed by atoms with E-state index in [-0.39, 0.29) is 17.6 Å². The summed E-state index contributed by atoms with van der Waals surface area (Å²) in [6.07, 6.45) is 5.61. The van der Waals surface area contributed by atoms with Crippen molar-refractivity contribution in [1.82, 2.24) is 20.2 Å². The average molecular weight is 496 g/mol. The summed E-state index contributed by atoms with van der Waals surface area (Å²) in [5.74, 6) is -1.41. The van der Waals surface area contributed by atoms with Crippen molar-refractivity contribution in [2.45, 2.75) is 90.1 Å². The van der Waals surface area contributed by atoms with E-state index in [2.05, 4.69) is 27.0 Å². The Morgan fingerprint density at radius 3 is 2.43 bits per heavy atom. The van der Waals surface area contributed by atoms with Crippen LogP contribution in [-0.4, -0.2) is 72.8 Å². The Hall–Kier alpha value is -1.87. The van der Waals surface area contributed by atoms with Crippen molar-refractivity contribution >= 4 is 11.7 Å². The third-order valence-electron chi connectivity index (χ3n) is 7.20. The van der Waals surface area contributed by atoms with Crippen LogP contribution < -0.4 is 10.2 Å². The molecule has 0 bridgehead atoms. The zero-order valence-corrected chi connectivity index (χ0v) is 22.2. The number of nitrogens with zero attached hydrogens (tertiary/aromatic N) is 4. The molecule has 1 saturated carbocycles. The van der Waals surface area contributed by atoms with E-state index in [9.17, 15) is 13.6 Å². The number of anilines is 1. The summed E-state index contributed by atoms with van der Waals surface area (Å²) in [7, 11) is 1.27. The number of piperazine rings is 1. The van der Waals surface area contributed by atoms with E-state index in [0.29, 0.717) is 23.6 Å². The van der Waals surface area contributed by atoms with Crippen LogP contribution >= 0.6 is 0 Å². The Balaban J connectivity index is 1.61. The van der Waals surface area contributed by atoms with E-state index in [4.69, 9.17) is 9.72 Å². The molecule has 2 aliphatic rings. The molecule has 1 N–H and O–H groups in total. The minimum absolute atomic E-state index is 0.0631. The van der Waals surface area contributed by atoms with E-state index in [1.807, 2.05) is 20.8 Å². The van der Waals surface area contributed by atoms with Gasteiger partial charge in [-0.2, -0.15) is 8.78 Å². The molecule has 198 valence electrons. The van der Waals surface area contributed by atoms with Gasteiger partial charge < -0.3 is 15.0 Å². The normalized spacial score (nSPS) is 24.5. The third-order valence-corrected chi connectivity index (χ3v) is 7.20. The number of aromatic nitrogens is 2. The predicted octanol–water partition coefficient (Wildman–Crippen LogP) is 4.11. The molecule has 1 aliphatic heterocycles. The molecular formula is C26H43F2N5O2. The Kier molecular flexibility index (Phi) is 9.07. The van der Waals surface area contributed by atoms with E-state index in [1.165, 1.54) is 13.2 Å². The van der Waals surface area contributed by atoms with E-state index in [0.717, 1.165) is 58.3 Å². The number of amides is 1. The average Bonchev–Trinajstić information content (AvgIpc) is 2.77. The second kappa shape index (κ2) is 11.5. The fourth-order valence-corrected chi connectivity index (χ4v) is 5.18. The van der Waals surface area contributed by atoms with Crippen LogP contribution in [0.2, 0.25) is 0 Å². The van der Waals surface area contributed by atoms with Crippen molar-refractivity contribution in [1.29, 1.82) is 0 Å². The first kappa shape index (κ1) is 27.7. The van der Waals surface area contributed by atoms with Gasteiger partial charge in [0.25, 0.3) is 0 Å². The fraction of sp³-hybridized carbons (Fsp3) is 0.808. The van der Waals surface area contributed by atoms with Gasteiger partial charge in [0.15, 0.2) is 0 Å². The smallest absolute Gasteiger partial charge is 0.312 e. The van der Waals surface area contributed by atoms with Gasteiger partial charge in [-0.25, -0.2) is 9.97 Å². The molecule has 3 rings (SSSR count). The van der Waals surface area contributed by atoms with Crippen LogP contribution in [0.1, 0.15) is 78.2 Å². The van der Waals surface area contributed by atoms with Crippen LogP contribution in [0, 0.1) is 5.92 Å². The van der Waals surface area contributed by atoms with E-state index < -0.39 is 17.9 Å². The monoisotopic (exact) mass is 495 g/mol. The van der Waals surface area contributed by atoms with Crippen LogP contribution in [0.3, 0.4) is 0 Å². The van der Waals surface area contributed by atoms with Gasteiger partial charge >= 0.3 is 5.92 Å². The number of halogens is 2. The molecule has 1 atom stereocenters. The lowest BCUT2D eigenvalue weighted by molar-refractivity contribution is -0.119. The molecule has 7 nitrogen and oxygen atoms in total. The highest BCUT2D eigenvalue weighted by atomic mass is 19.3. The zero-order valence-electron chi connectivity index (χ0n) is 22.2. The summed E-state index contributed by atoms with van der Waals surface area (Å²) in [6, 6.07) is 1.93. The molecular weight excluding hydrogens is 452 g/mol. The highest BCUT2D eigenvalue weighted by molar-refractivity contribution is 5.73. The maximum absolute atomic E-state index is 14.7. The molecule has 1 aliphatic carbocycles. The minimum Gasteiger partial charge on any atom is -0.378 e. The largest absolute Gasteiger partial charge is 0.378 e. The first-order chi connectivity index (χ1) is 16.4. The Bertz CT molecular complexity index is 853. The first-order valence-electron chi connectivity index (χ1n) is 12.9. The molecule has 1 amide bonds. The number of hydrogen-bond acceptors (Lipinski definition) is 6. The number of ether oxygens (including phenoxy) is 1. The number of methoxy groups -OCH3 is 1. The molecule has 0 aromatic carbocycles. The Morgan fingerprint density at radius 2 is 1.86 bits per heavy atom. The van der Waals surface area contributed by atoms with Crippen molar-refractivity contribution in [3.63, 3.8) is 0 Å². The summed E-state index contributed by atoms with van der Waals surface area (Å²) in [5.41, 5.74) is -0.725. The quantitative estimate of drug-likeness (QED) is 0.585. The zero-order chi connectivity index (χ0) is 25.8. The van der Waals surface area contributed by atoms with Crippen LogP contribution in [0.15, 0.2) is 6.07 Å². The molecule has 0 radical (unpaired) electrons. The molecule has 1 aromatic rings. The van der Waals surface area contributed by atoms with Gasteiger partial charge in [-0.1, -0.05) is 20.8 Å². The number of carbonyl (C=O) groups is 1. The molecule has 1 unspecified atom stereocenters. The van der Waals surface area contributed by atoms with Gasteiger partial charge in [0.05, 0.1) is 0 Å². The molecule has 2 fully saturated rings. The van der Waals surface area contributed by atoms with Gasteiger partial charge in [-0.15, -0.1) is 0 Å². The van der Waals surface area contributed by atoms with Crippen LogP contribution in [0.25, 0.3) is 0 Å². The highest BCUT2D eigenvalue weighted by Gasteiger charge is 2.37. The van der Waals surface area contributed by atoms with Gasteiger partial charge in [-0.3, -0.25) is 9.69 Å². The van der Waals surface area contributed by atoms with E-state index >= 15 is 0 Å². The number of rotatable bonds is 8. The standard InChI is InChI=1S/C26H43F2N5O2/c1-18-16-32(12-11-20-7-9-21(10-8-20)29-19(2)34)13-14-33(18)23-15-22(26(27,28)17-35-6)30-24(31-23)25(3,4)5/h15,18,20-21H,7-14,16-17H2,1-6H3,(H,29,34). The fourth-order valence-electron chi connectivity index (χ4n) is 5.18. The van der Waals surface area contributed by atoms with Crippen molar-refractivity contribution < 1.29 is 18.3 Å². The molecule has 1 saturated heterocycles. The van der Waals surface area contributed by atoms with Gasteiger partial charge in [0.2, 0.25) is 5.91 Å². The molecule has 35 heavy (non-hydrogen) atoms. The van der Waals surface area contributed by atoms with Crippen molar-refractivity contribution in [2.24, 2.45) is 5.92 Å². The van der Waals surface area contributed by atoms with Crippen LogP contribution in [-0.2, 0) is 20.9 Å². The Morgan fingerprint density at radius 1 is 1.17 bits per heavy atom. The number of hydrogen-bond donors (Lipinski definition) is 1. The lowest BCUT2D eigenvalue weighted by Gasteiger charge is -2.41. The molecule has 0 spiro atoms. The maximum atomic E-state index is 14.7. The number of nitrogens with one attached hydrogen (secondary N) is 1. The Labute approximate surface area is 209 Å². The lowest BCUT2D eigenvalue weighted by atomic mass is 9.84.